The number of benzene rings is 2. The number of aromatic nitrogens is 2. The Morgan fingerprint density at radius 3 is 2.40 bits per heavy atom. The summed E-state index contributed by atoms with van der Waals surface area (Å²) < 4.78 is 41.9. The molecular weight excluding hydrogens is 285 g/mol. The van der Waals surface area contributed by atoms with Crippen molar-refractivity contribution in [3.05, 3.63) is 64.2 Å². The van der Waals surface area contributed by atoms with Gasteiger partial charge in [-0.3, -0.25) is 0 Å². The standard InChI is InChI=1S/C14H9F3N2S/c15-9-3-1-8(2-4-9)7-19-13-11(18-14(19)20)6-5-10(16)12(13)17/h1-6H,7H2,(H,18,20). The summed E-state index contributed by atoms with van der Waals surface area (Å²) in [5.74, 6) is -2.23. The molecular formula is C14H9F3N2S. The summed E-state index contributed by atoms with van der Waals surface area (Å²) in [5.41, 5.74) is 1.25. The van der Waals surface area contributed by atoms with Crippen LogP contribution < -0.4 is 0 Å². The second kappa shape index (κ2) is 4.79. The Kier molecular flexibility index (Phi) is 3.10. The molecule has 0 aliphatic carbocycles. The smallest absolute Gasteiger partial charge is 0.184 e. The van der Waals surface area contributed by atoms with E-state index in [0.29, 0.717) is 5.52 Å². The van der Waals surface area contributed by atoms with Crippen molar-refractivity contribution >= 4 is 23.3 Å². The van der Waals surface area contributed by atoms with Gasteiger partial charge >= 0.3 is 0 Å². The summed E-state index contributed by atoms with van der Waals surface area (Å²) in [7, 11) is 0. The molecule has 0 atom stereocenters. The average molecular weight is 294 g/mol. The number of nitrogens with one attached hydrogen (secondary N) is 1. The lowest BCUT2D eigenvalue weighted by atomic mass is 10.2. The van der Waals surface area contributed by atoms with Gasteiger partial charge in [-0.1, -0.05) is 12.1 Å². The fourth-order valence-electron chi connectivity index (χ4n) is 2.11. The molecule has 20 heavy (non-hydrogen) atoms. The van der Waals surface area contributed by atoms with Gasteiger partial charge in [-0.25, -0.2) is 13.2 Å². The maximum Gasteiger partial charge on any atom is 0.184 e. The van der Waals surface area contributed by atoms with Crippen molar-refractivity contribution in [2.45, 2.75) is 6.54 Å². The largest absolute Gasteiger partial charge is 0.330 e. The van der Waals surface area contributed by atoms with Crippen LogP contribution in [-0.2, 0) is 6.54 Å². The molecule has 1 heterocycles. The van der Waals surface area contributed by atoms with Crippen LogP contribution in [-0.4, -0.2) is 9.55 Å². The van der Waals surface area contributed by atoms with Crippen LogP contribution in [0.1, 0.15) is 5.56 Å². The summed E-state index contributed by atoms with van der Waals surface area (Å²) >= 11 is 5.12. The van der Waals surface area contributed by atoms with E-state index in [-0.39, 0.29) is 22.6 Å². The molecule has 6 heteroatoms. The third-order valence-electron chi connectivity index (χ3n) is 3.08. The summed E-state index contributed by atoms with van der Waals surface area (Å²) in [6.07, 6.45) is 0. The van der Waals surface area contributed by atoms with E-state index in [4.69, 9.17) is 12.2 Å². The van der Waals surface area contributed by atoms with Crippen molar-refractivity contribution < 1.29 is 13.2 Å². The van der Waals surface area contributed by atoms with Crippen molar-refractivity contribution in [2.75, 3.05) is 0 Å². The molecule has 0 aliphatic rings. The zero-order chi connectivity index (χ0) is 14.3. The highest BCUT2D eigenvalue weighted by molar-refractivity contribution is 7.71. The maximum atomic E-state index is 13.9. The molecule has 0 aliphatic heterocycles. The third kappa shape index (κ3) is 2.12. The van der Waals surface area contributed by atoms with Crippen LogP contribution in [0.2, 0.25) is 0 Å². The van der Waals surface area contributed by atoms with Gasteiger partial charge in [0, 0.05) is 0 Å². The first-order chi connectivity index (χ1) is 9.56. The van der Waals surface area contributed by atoms with E-state index < -0.39 is 11.6 Å². The van der Waals surface area contributed by atoms with Crippen LogP contribution in [0, 0.1) is 22.2 Å². The summed E-state index contributed by atoms with van der Waals surface area (Å²) in [6, 6.07) is 8.26. The Bertz CT molecular complexity index is 834. The topological polar surface area (TPSA) is 20.7 Å². The van der Waals surface area contributed by atoms with Crippen molar-refractivity contribution in [2.24, 2.45) is 0 Å². The van der Waals surface area contributed by atoms with Crippen LogP contribution in [0.15, 0.2) is 36.4 Å². The van der Waals surface area contributed by atoms with Crippen molar-refractivity contribution in [3.8, 4) is 0 Å². The highest BCUT2D eigenvalue weighted by Crippen LogP contribution is 2.21. The Morgan fingerprint density at radius 1 is 1.00 bits per heavy atom. The first-order valence-corrected chi connectivity index (χ1v) is 6.28. The molecule has 3 aromatic rings. The predicted octanol–water partition coefficient (Wildman–Crippen LogP) is 4.16. The molecule has 0 amide bonds. The van der Waals surface area contributed by atoms with E-state index in [0.717, 1.165) is 11.6 Å². The van der Waals surface area contributed by atoms with Crippen molar-refractivity contribution in [1.29, 1.82) is 0 Å². The lowest BCUT2D eigenvalue weighted by molar-refractivity contribution is 0.512. The Balaban J connectivity index is 2.16. The van der Waals surface area contributed by atoms with E-state index >= 15 is 0 Å². The van der Waals surface area contributed by atoms with Gasteiger partial charge in [0.25, 0.3) is 0 Å². The average Bonchev–Trinajstić information content (AvgIpc) is 2.74. The number of nitrogens with zero attached hydrogens (tertiary/aromatic N) is 1. The molecule has 1 N–H and O–H groups in total. The van der Waals surface area contributed by atoms with Gasteiger partial charge in [-0.2, -0.15) is 0 Å². The SMILES string of the molecule is Fc1ccc(Cn2c(=S)[nH]c3ccc(F)c(F)c32)cc1. The summed E-state index contributed by atoms with van der Waals surface area (Å²) in [5, 5.41) is 0. The number of hydrogen-bond donors (Lipinski definition) is 1. The quantitative estimate of drug-likeness (QED) is 0.704. The molecule has 0 fully saturated rings. The highest BCUT2D eigenvalue weighted by Gasteiger charge is 2.13. The van der Waals surface area contributed by atoms with E-state index in [1.54, 1.807) is 12.1 Å². The molecule has 0 bridgehead atoms. The van der Waals surface area contributed by atoms with Gasteiger partial charge in [0.15, 0.2) is 16.4 Å². The molecule has 3 rings (SSSR count). The second-order valence-electron chi connectivity index (χ2n) is 4.40. The Morgan fingerprint density at radius 2 is 1.70 bits per heavy atom. The Hall–Kier alpha value is -2.08. The maximum absolute atomic E-state index is 13.9. The number of halogens is 3. The van der Waals surface area contributed by atoms with Crippen molar-refractivity contribution in [3.63, 3.8) is 0 Å². The van der Waals surface area contributed by atoms with E-state index in [9.17, 15) is 13.2 Å². The number of imidazole rings is 1. The monoisotopic (exact) mass is 294 g/mol. The molecule has 2 aromatic carbocycles. The van der Waals surface area contributed by atoms with Crippen LogP contribution >= 0.6 is 12.2 Å². The number of hydrogen-bond acceptors (Lipinski definition) is 1. The minimum absolute atomic E-state index is 0.0827. The minimum atomic E-state index is -0.947. The van der Waals surface area contributed by atoms with Gasteiger partial charge < -0.3 is 9.55 Å². The number of rotatable bonds is 2. The predicted molar refractivity (Wildman–Crippen MR) is 72.5 cm³/mol. The zero-order valence-electron chi connectivity index (χ0n) is 10.2. The van der Waals surface area contributed by atoms with E-state index in [1.807, 2.05) is 0 Å². The number of fused-ring (bicyclic) bond motifs is 1. The summed E-state index contributed by atoms with van der Waals surface area (Å²) in [6.45, 7) is 0.236. The van der Waals surface area contributed by atoms with Gasteiger partial charge in [-0.15, -0.1) is 0 Å². The van der Waals surface area contributed by atoms with Gasteiger partial charge in [-0.05, 0) is 42.0 Å². The molecule has 1 aromatic heterocycles. The second-order valence-corrected chi connectivity index (χ2v) is 4.79. The minimum Gasteiger partial charge on any atom is -0.330 e. The molecule has 0 saturated heterocycles. The first kappa shape index (κ1) is 12.9. The van der Waals surface area contributed by atoms with Crippen LogP contribution in [0.3, 0.4) is 0 Å². The zero-order valence-corrected chi connectivity index (χ0v) is 11.0. The molecule has 0 radical (unpaired) electrons. The molecule has 0 saturated carbocycles. The van der Waals surface area contributed by atoms with Gasteiger partial charge in [0.05, 0.1) is 12.1 Å². The molecule has 0 spiro atoms. The third-order valence-corrected chi connectivity index (χ3v) is 3.40. The van der Waals surface area contributed by atoms with Crippen molar-refractivity contribution in [1.82, 2.24) is 9.55 Å². The van der Waals surface area contributed by atoms with Gasteiger partial charge in [0.1, 0.15) is 11.3 Å². The van der Waals surface area contributed by atoms with Crippen LogP contribution in [0.5, 0.6) is 0 Å². The molecule has 102 valence electrons. The molecule has 0 unspecified atom stereocenters. The van der Waals surface area contributed by atoms with Crippen LogP contribution in [0.25, 0.3) is 11.0 Å². The van der Waals surface area contributed by atoms with E-state index in [1.165, 1.54) is 22.8 Å². The first-order valence-electron chi connectivity index (χ1n) is 5.87. The van der Waals surface area contributed by atoms with Gasteiger partial charge in [0.2, 0.25) is 0 Å². The lowest BCUT2D eigenvalue weighted by Gasteiger charge is -2.06. The van der Waals surface area contributed by atoms with Crippen LogP contribution in [0.4, 0.5) is 13.2 Å². The summed E-state index contributed by atoms with van der Waals surface area (Å²) in [4.78, 5) is 2.82. The molecule has 2 nitrogen and oxygen atoms in total. The fourth-order valence-corrected chi connectivity index (χ4v) is 2.38. The lowest BCUT2D eigenvalue weighted by Crippen LogP contribution is -2.02. The van der Waals surface area contributed by atoms with E-state index in [2.05, 4.69) is 4.98 Å². The fraction of sp³-hybridized carbons (Fsp3) is 0.0714. The normalized spacial score (nSPS) is 11.2. The Labute approximate surface area is 117 Å². The highest BCUT2D eigenvalue weighted by atomic mass is 32.1. The number of H-pyrrole nitrogens is 1. The number of aromatic amines is 1.